The normalized spacial score (nSPS) is 18.9. The molecule has 0 bridgehead atoms. The van der Waals surface area contributed by atoms with E-state index in [2.05, 4.69) is 17.1 Å². The van der Waals surface area contributed by atoms with Crippen molar-refractivity contribution in [3.63, 3.8) is 0 Å². The smallest absolute Gasteiger partial charge is 0.243 e. The summed E-state index contributed by atoms with van der Waals surface area (Å²) in [4.78, 5) is 4.98. The average Bonchev–Trinajstić information content (AvgIpc) is 2.68. The molecule has 5 heteroatoms. The largest absolute Gasteiger partial charge is 0.260 e. The summed E-state index contributed by atoms with van der Waals surface area (Å²) in [7, 11) is -3.46. The van der Waals surface area contributed by atoms with Crippen molar-refractivity contribution in [2.24, 2.45) is 0 Å². The molecular weight excluding hydrogens is 344 g/mol. The number of pyridine rings is 1. The molecule has 1 atom stereocenters. The van der Waals surface area contributed by atoms with E-state index in [4.69, 9.17) is 0 Å². The Morgan fingerprint density at radius 1 is 1.04 bits per heavy atom. The molecule has 4 nitrogen and oxygen atoms in total. The number of aryl methyl sites for hydroxylation is 1. The zero-order chi connectivity index (χ0) is 18.1. The van der Waals surface area contributed by atoms with Gasteiger partial charge in [-0.05, 0) is 43.4 Å². The Bertz CT molecular complexity index is 1030. The maximum atomic E-state index is 13.0. The van der Waals surface area contributed by atoms with Gasteiger partial charge in [0.1, 0.15) is 0 Å². The van der Waals surface area contributed by atoms with Crippen LogP contribution >= 0.6 is 0 Å². The summed E-state index contributed by atoms with van der Waals surface area (Å²) in [6.45, 7) is 3.01. The summed E-state index contributed by atoms with van der Waals surface area (Å²) in [5, 5.41) is 2.26. The number of sulfonamides is 1. The standard InChI is InChI=1S/C21H22N2O2S/c1-16-8-10-20(11-9-16)26(24,25)23-12-4-7-19(15-23)21-13-17-5-2-3-6-18(17)14-22-21/h2-3,5-6,8-11,13-14,19H,4,7,12,15H2,1H3. The Balaban J connectivity index is 1.61. The number of fused-ring (bicyclic) bond motifs is 1. The van der Waals surface area contributed by atoms with E-state index in [1.54, 1.807) is 16.4 Å². The van der Waals surface area contributed by atoms with Gasteiger partial charge in [-0.1, -0.05) is 42.0 Å². The Hall–Kier alpha value is -2.24. The number of hydrogen-bond acceptors (Lipinski definition) is 3. The van der Waals surface area contributed by atoms with Crippen LogP contribution in [0, 0.1) is 6.92 Å². The predicted octanol–water partition coefficient (Wildman–Crippen LogP) is 4.11. The van der Waals surface area contributed by atoms with Crippen LogP contribution in [0.4, 0.5) is 0 Å². The van der Waals surface area contributed by atoms with Gasteiger partial charge in [0.2, 0.25) is 10.0 Å². The third kappa shape index (κ3) is 3.24. The maximum absolute atomic E-state index is 13.0. The monoisotopic (exact) mass is 366 g/mol. The van der Waals surface area contributed by atoms with Crippen LogP contribution in [0.1, 0.15) is 30.0 Å². The van der Waals surface area contributed by atoms with Crippen molar-refractivity contribution in [2.45, 2.75) is 30.6 Å². The zero-order valence-corrected chi connectivity index (χ0v) is 15.6. The third-order valence-electron chi connectivity index (χ3n) is 5.11. The highest BCUT2D eigenvalue weighted by atomic mass is 32.2. The molecule has 1 saturated heterocycles. The molecule has 0 spiro atoms. The predicted molar refractivity (Wildman–Crippen MR) is 104 cm³/mol. The SMILES string of the molecule is Cc1ccc(S(=O)(=O)N2CCCC(c3cc4ccccc4cn3)C2)cc1. The molecule has 2 heterocycles. The summed E-state index contributed by atoms with van der Waals surface area (Å²) >= 11 is 0. The molecule has 1 aliphatic rings. The Kier molecular flexibility index (Phi) is 4.51. The van der Waals surface area contributed by atoms with E-state index in [9.17, 15) is 8.42 Å². The van der Waals surface area contributed by atoms with E-state index >= 15 is 0 Å². The first-order chi connectivity index (χ1) is 12.5. The quantitative estimate of drug-likeness (QED) is 0.701. The Morgan fingerprint density at radius 2 is 1.77 bits per heavy atom. The summed E-state index contributed by atoms with van der Waals surface area (Å²) in [6, 6.07) is 17.3. The highest BCUT2D eigenvalue weighted by molar-refractivity contribution is 7.89. The minimum Gasteiger partial charge on any atom is -0.260 e. The summed E-state index contributed by atoms with van der Waals surface area (Å²) < 4.78 is 27.6. The molecule has 134 valence electrons. The van der Waals surface area contributed by atoms with E-state index < -0.39 is 10.0 Å². The van der Waals surface area contributed by atoms with Gasteiger partial charge in [-0.25, -0.2) is 8.42 Å². The molecule has 0 N–H and O–H groups in total. The zero-order valence-electron chi connectivity index (χ0n) is 14.8. The second-order valence-electron chi connectivity index (χ2n) is 6.97. The lowest BCUT2D eigenvalue weighted by Gasteiger charge is -2.31. The molecule has 3 aromatic rings. The van der Waals surface area contributed by atoms with Gasteiger partial charge in [0.25, 0.3) is 0 Å². The molecule has 1 fully saturated rings. The average molecular weight is 366 g/mol. The number of nitrogens with zero attached hydrogens (tertiary/aromatic N) is 2. The van der Waals surface area contributed by atoms with Crippen molar-refractivity contribution < 1.29 is 8.42 Å². The summed E-state index contributed by atoms with van der Waals surface area (Å²) in [5.41, 5.74) is 2.04. The minimum absolute atomic E-state index is 0.133. The van der Waals surface area contributed by atoms with Crippen LogP contribution in [-0.2, 0) is 10.0 Å². The van der Waals surface area contributed by atoms with Gasteiger partial charge < -0.3 is 0 Å². The van der Waals surface area contributed by atoms with Gasteiger partial charge >= 0.3 is 0 Å². The minimum atomic E-state index is -3.46. The molecule has 1 unspecified atom stereocenters. The lowest BCUT2D eigenvalue weighted by molar-refractivity contribution is 0.313. The molecular formula is C21H22N2O2S. The molecule has 2 aromatic carbocycles. The van der Waals surface area contributed by atoms with E-state index in [1.807, 2.05) is 43.5 Å². The van der Waals surface area contributed by atoms with E-state index in [1.165, 1.54) is 0 Å². The first-order valence-corrected chi connectivity index (χ1v) is 10.4. The number of benzene rings is 2. The molecule has 26 heavy (non-hydrogen) atoms. The highest BCUT2D eigenvalue weighted by Crippen LogP contribution is 2.30. The number of aromatic nitrogens is 1. The molecule has 4 rings (SSSR count). The topological polar surface area (TPSA) is 50.3 Å². The van der Waals surface area contributed by atoms with Gasteiger partial charge in [-0.3, -0.25) is 4.98 Å². The molecule has 0 aliphatic carbocycles. The van der Waals surface area contributed by atoms with Crippen molar-refractivity contribution >= 4 is 20.8 Å². The van der Waals surface area contributed by atoms with Gasteiger partial charge in [-0.2, -0.15) is 4.31 Å². The van der Waals surface area contributed by atoms with E-state index in [0.29, 0.717) is 18.0 Å². The molecule has 0 radical (unpaired) electrons. The molecule has 1 aromatic heterocycles. The lowest BCUT2D eigenvalue weighted by atomic mass is 9.94. The summed E-state index contributed by atoms with van der Waals surface area (Å²) in [5.74, 6) is 0.133. The third-order valence-corrected chi connectivity index (χ3v) is 6.99. The number of hydrogen-bond donors (Lipinski definition) is 0. The fraction of sp³-hybridized carbons (Fsp3) is 0.286. The lowest BCUT2D eigenvalue weighted by Crippen LogP contribution is -2.39. The van der Waals surface area contributed by atoms with Crippen LogP contribution in [0.2, 0.25) is 0 Å². The number of piperidine rings is 1. The van der Waals surface area contributed by atoms with E-state index in [-0.39, 0.29) is 5.92 Å². The van der Waals surface area contributed by atoms with Gasteiger partial charge in [0.05, 0.1) is 4.90 Å². The maximum Gasteiger partial charge on any atom is 0.243 e. The summed E-state index contributed by atoms with van der Waals surface area (Å²) in [6.07, 6.45) is 3.70. The van der Waals surface area contributed by atoms with Crippen LogP contribution in [-0.4, -0.2) is 30.8 Å². The van der Waals surface area contributed by atoms with Gasteiger partial charge in [0, 0.05) is 36.3 Å². The Labute approximate surface area is 154 Å². The second-order valence-corrected chi connectivity index (χ2v) is 8.91. The fourth-order valence-corrected chi connectivity index (χ4v) is 5.11. The van der Waals surface area contributed by atoms with Crippen LogP contribution in [0.25, 0.3) is 10.8 Å². The Morgan fingerprint density at radius 3 is 2.54 bits per heavy atom. The molecule has 0 saturated carbocycles. The molecule has 1 aliphatic heterocycles. The van der Waals surface area contributed by atoms with Crippen molar-refractivity contribution in [3.8, 4) is 0 Å². The van der Waals surface area contributed by atoms with E-state index in [0.717, 1.165) is 34.9 Å². The molecule has 0 amide bonds. The number of rotatable bonds is 3. The van der Waals surface area contributed by atoms with Crippen LogP contribution < -0.4 is 0 Å². The first-order valence-electron chi connectivity index (χ1n) is 8.95. The van der Waals surface area contributed by atoms with Crippen molar-refractivity contribution in [1.82, 2.24) is 9.29 Å². The van der Waals surface area contributed by atoms with Gasteiger partial charge in [-0.15, -0.1) is 0 Å². The second kappa shape index (κ2) is 6.82. The van der Waals surface area contributed by atoms with Crippen LogP contribution in [0.5, 0.6) is 0 Å². The van der Waals surface area contributed by atoms with Crippen LogP contribution in [0.15, 0.2) is 65.7 Å². The van der Waals surface area contributed by atoms with Gasteiger partial charge in [0.15, 0.2) is 0 Å². The van der Waals surface area contributed by atoms with Crippen molar-refractivity contribution in [2.75, 3.05) is 13.1 Å². The fourth-order valence-electron chi connectivity index (χ4n) is 3.59. The first kappa shape index (κ1) is 17.2. The highest BCUT2D eigenvalue weighted by Gasteiger charge is 2.31. The van der Waals surface area contributed by atoms with Crippen LogP contribution in [0.3, 0.4) is 0 Å². The van der Waals surface area contributed by atoms with Crippen molar-refractivity contribution in [3.05, 3.63) is 72.1 Å². The van der Waals surface area contributed by atoms with Crippen molar-refractivity contribution in [1.29, 1.82) is 0 Å².